The Hall–Kier alpha value is -1.40. The number of ether oxygens (including phenoxy) is 1. The number of aliphatic carboxylic acids is 1. The second kappa shape index (κ2) is 4.63. The van der Waals surface area contributed by atoms with Crippen LogP contribution in [0, 0.1) is 6.92 Å². The van der Waals surface area contributed by atoms with Crippen molar-refractivity contribution < 1.29 is 19.1 Å². The Balaban J connectivity index is 1.95. The van der Waals surface area contributed by atoms with E-state index in [1.54, 1.807) is 0 Å². The molecule has 6 heteroatoms. The molecule has 0 radical (unpaired) electrons. The van der Waals surface area contributed by atoms with Gasteiger partial charge in [0.15, 0.2) is 12.5 Å². The fourth-order valence-corrected chi connectivity index (χ4v) is 1.69. The van der Waals surface area contributed by atoms with E-state index in [1.807, 2.05) is 11.8 Å². The van der Waals surface area contributed by atoms with Crippen molar-refractivity contribution in [2.24, 2.45) is 0 Å². The molecule has 1 aliphatic rings. The number of nitrogens with zero attached hydrogens (tertiary/aromatic N) is 2. The first kappa shape index (κ1) is 11.1. The van der Waals surface area contributed by atoms with Gasteiger partial charge in [0.05, 0.1) is 12.3 Å². The fourth-order valence-electron chi connectivity index (χ4n) is 1.69. The molecule has 0 aromatic carbocycles. The van der Waals surface area contributed by atoms with E-state index >= 15 is 0 Å². The van der Waals surface area contributed by atoms with E-state index in [9.17, 15) is 4.79 Å². The third kappa shape index (κ3) is 2.40. The average Bonchev–Trinajstić information content (AvgIpc) is 2.65. The molecule has 0 amide bonds. The van der Waals surface area contributed by atoms with Gasteiger partial charge in [-0.2, -0.15) is 0 Å². The Bertz CT molecular complexity index is 377. The van der Waals surface area contributed by atoms with Gasteiger partial charge in [-0.3, -0.25) is 4.90 Å². The summed E-state index contributed by atoms with van der Waals surface area (Å²) in [5, 5.41) is 8.85. The third-order valence-electron chi connectivity index (χ3n) is 2.64. The lowest BCUT2D eigenvalue weighted by atomic mass is 10.2. The van der Waals surface area contributed by atoms with Gasteiger partial charge in [0.1, 0.15) is 5.76 Å². The van der Waals surface area contributed by atoms with Gasteiger partial charge in [-0.15, -0.1) is 0 Å². The predicted molar refractivity (Wildman–Crippen MR) is 53.9 cm³/mol. The van der Waals surface area contributed by atoms with Crippen molar-refractivity contribution >= 4 is 5.97 Å². The van der Waals surface area contributed by atoms with Gasteiger partial charge in [-0.25, -0.2) is 9.78 Å². The first-order valence-corrected chi connectivity index (χ1v) is 5.12. The Morgan fingerprint density at radius 2 is 2.56 bits per heavy atom. The van der Waals surface area contributed by atoms with Crippen LogP contribution < -0.4 is 0 Å². The number of carboxylic acid groups (broad SMARTS) is 1. The van der Waals surface area contributed by atoms with Crippen LogP contribution in [0.3, 0.4) is 0 Å². The summed E-state index contributed by atoms with van der Waals surface area (Å²) in [6, 6.07) is 0. The van der Waals surface area contributed by atoms with Crippen molar-refractivity contribution in [3.05, 3.63) is 17.8 Å². The van der Waals surface area contributed by atoms with Gasteiger partial charge < -0.3 is 14.3 Å². The molecule has 1 aromatic rings. The quantitative estimate of drug-likeness (QED) is 0.797. The summed E-state index contributed by atoms with van der Waals surface area (Å²) in [6.45, 7) is 4.00. The molecular weight excluding hydrogens is 212 g/mol. The summed E-state index contributed by atoms with van der Waals surface area (Å²) in [7, 11) is 0. The number of aromatic nitrogens is 1. The van der Waals surface area contributed by atoms with Crippen molar-refractivity contribution in [2.45, 2.75) is 19.6 Å². The van der Waals surface area contributed by atoms with Crippen LogP contribution in [0.15, 0.2) is 10.8 Å². The summed E-state index contributed by atoms with van der Waals surface area (Å²) in [5.41, 5.74) is 0.853. The number of aryl methyl sites for hydroxylation is 1. The van der Waals surface area contributed by atoms with Crippen LogP contribution >= 0.6 is 0 Å². The minimum absolute atomic E-state index is 0.391. The number of carboxylic acids is 1. The van der Waals surface area contributed by atoms with E-state index in [0.717, 1.165) is 18.0 Å². The summed E-state index contributed by atoms with van der Waals surface area (Å²) in [6.07, 6.45) is 0.667. The highest BCUT2D eigenvalue weighted by molar-refractivity contribution is 5.72. The van der Waals surface area contributed by atoms with E-state index in [1.165, 1.54) is 6.39 Å². The Labute approximate surface area is 92.8 Å². The first-order chi connectivity index (χ1) is 7.66. The van der Waals surface area contributed by atoms with Gasteiger partial charge in [0, 0.05) is 19.6 Å². The summed E-state index contributed by atoms with van der Waals surface area (Å²) in [4.78, 5) is 16.9. The molecule has 1 saturated heterocycles. The van der Waals surface area contributed by atoms with Crippen molar-refractivity contribution in [1.29, 1.82) is 0 Å². The minimum Gasteiger partial charge on any atom is -0.479 e. The Kier molecular flexibility index (Phi) is 3.21. The summed E-state index contributed by atoms with van der Waals surface area (Å²) in [5.74, 6) is -0.139. The Morgan fingerprint density at radius 1 is 1.75 bits per heavy atom. The number of hydrogen-bond donors (Lipinski definition) is 1. The van der Waals surface area contributed by atoms with E-state index in [2.05, 4.69) is 4.98 Å². The topological polar surface area (TPSA) is 75.8 Å². The SMILES string of the molecule is Cc1ocnc1CN1CCOC(C(=O)O)C1. The van der Waals surface area contributed by atoms with Gasteiger partial charge in [-0.1, -0.05) is 0 Å². The molecule has 1 N–H and O–H groups in total. The highest BCUT2D eigenvalue weighted by atomic mass is 16.5. The lowest BCUT2D eigenvalue weighted by Crippen LogP contribution is -2.45. The second-order valence-electron chi connectivity index (χ2n) is 3.79. The zero-order valence-corrected chi connectivity index (χ0v) is 9.05. The number of carbonyl (C=O) groups is 1. The standard InChI is InChI=1S/C10H14N2O4/c1-7-8(11-6-16-7)4-12-2-3-15-9(5-12)10(13)14/h6,9H,2-5H2,1H3,(H,13,14). The molecule has 0 saturated carbocycles. The van der Waals surface area contributed by atoms with E-state index in [4.69, 9.17) is 14.3 Å². The molecule has 16 heavy (non-hydrogen) atoms. The highest BCUT2D eigenvalue weighted by Crippen LogP contribution is 2.12. The Morgan fingerprint density at radius 3 is 3.19 bits per heavy atom. The predicted octanol–water partition coefficient (Wildman–Crippen LogP) is 0.268. The molecule has 0 spiro atoms. The molecule has 1 fully saturated rings. The fraction of sp³-hybridized carbons (Fsp3) is 0.600. The van der Waals surface area contributed by atoms with Gasteiger partial charge in [-0.05, 0) is 6.92 Å². The highest BCUT2D eigenvalue weighted by Gasteiger charge is 2.26. The summed E-state index contributed by atoms with van der Waals surface area (Å²) < 4.78 is 10.2. The number of morpholine rings is 1. The van der Waals surface area contributed by atoms with Crippen LogP contribution in [0.2, 0.25) is 0 Å². The van der Waals surface area contributed by atoms with Crippen LogP contribution in [0.4, 0.5) is 0 Å². The molecular formula is C10H14N2O4. The smallest absolute Gasteiger partial charge is 0.334 e. The maximum absolute atomic E-state index is 10.8. The molecule has 0 bridgehead atoms. The maximum atomic E-state index is 10.8. The monoisotopic (exact) mass is 226 g/mol. The third-order valence-corrected chi connectivity index (χ3v) is 2.64. The average molecular weight is 226 g/mol. The lowest BCUT2D eigenvalue weighted by Gasteiger charge is -2.30. The van der Waals surface area contributed by atoms with Gasteiger partial charge in [0.2, 0.25) is 0 Å². The zero-order valence-electron chi connectivity index (χ0n) is 9.05. The summed E-state index contributed by atoms with van der Waals surface area (Å²) >= 11 is 0. The van der Waals surface area contributed by atoms with Gasteiger partial charge >= 0.3 is 5.97 Å². The normalized spacial score (nSPS) is 22.2. The minimum atomic E-state index is -0.915. The number of hydrogen-bond acceptors (Lipinski definition) is 5. The van der Waals surface area contributed by atoms with E-state index < -0.39 is 12.1 Å². The van der Waals surface area contributed by atoms with Crippen molar-refractivity contribution in [2.75, 3.05) is 19.7 Å². The molecule has 0 aliphatic carbocycles. The number of rotatable bonds is 3. The lowest BCUT2D eigenvalue weighted by molar-refractivity contribution is -0.156. The maximum Gasteiger partial charge on any atom is 0.334 e. The molecule has 1 unspecified atom stereocenters. The zero-order chi connectivity index (χ0) is 11.5. The molecule has 2 heterocycles. The molecule has 1 aromatic heterocycles. The van der Waals surface area contributed by atoms with Crippen LogP contribution in [0.25, 0.3) is 0 Å². The van der Waals surface area contributed by atoms with E-state index in [0.29, 0.717) is 19.7 Å². The molecule has 6 nitrogen and oxygen atoms in total. The van der Waals surface area contributed by atoms with Gasteiger partial charge in [0.25, 0.3) is 0 Å². The molecule has 88 valence electrons. The number of oxazole rings is 1. The van der Waals surface area contributed by atoms with Crippen LogP contribution in [-0.2, 0) is 16.1 Å². The van der Waals surface area contributed by atoms with Crippen molar-refractivity contribution in [3.63, 3.8) is 0 Å². The van der Waals surface area contributed by atoms with Crippen molar-refractivity contribution in [3.8, 4) is 0 Å². The first-order valence-electron chi connectivity index (χ1n) is 5.12. The second-order valence-corrected chi connectivity index (χ2v) is 3.79. The molecule has 1 aliphatic heterocycles. The van der Waals surface area contributed by atoms with E-state index in [-0.39, 0.29) is 0 Å². The molecule has 1 atom stereocenters. The largest absolute Gasteiger partial charge is 0.479 e. The molecule has 2 rings (SSSR count). The van der Waals surface area contributed by atoms with Crippen LogP contribution in [0.1, 0.15) is 11.5 Å². The van der Waals surface area contributed by atoms with Crippen LogP contribution in [-0.4, -0.2) is 46.8 Å². The van der Waals surface area contributed by atoms with Crippen LogP contribution in [0.5, 0.6) is 0 Å². The van der Waals surface area contributed by atoms with Crippen molar-refractivity contribution in [1.82, 2.24) is 9.88 Å².